The third-order valence-electron chi connectivity index (χ3n) is 3.93. The number of hydrogen-bond acceptors (Lipinski definition) is 4. The second kappa shape index (κ2) is 7.54. The van der Waals surface area contributed by atoms with Crippen LogP contribution < -0.4 is 5.32 Å². The van der Waals surface area contributed by atoms with Crippen LogP contribution in [0.5, 0.6) is 0 Å². The first-order valence-electron chi connectivity index (χ1n) is 7.57. The number of rotatable bonds is 6. The largest absolute Gasteiger partial charge is 0.349 e. The highest BCUT2D eigenvalue weighted by Crippen LogP contribution is 2.17. The van der Waals surface area contributed by atoms with Gasteiger partial charge in [0.1, 0.15) is 0 Å². The van der Waals surface area contributed by atoms with Gasteiger partial charge in [0.25, 0.3) is 16.1 Å². The molecule has 1 N–H and O–H groups in total. The van der Waals surface area contributed by atoms with Crippen LogP contribution in [0.15, 0.2) is 16.8 Å². The van der Waals surface area contributed by atoms with E-state index in [9.17, 15) is 13.2 Å². The molecule has 124 valence electrons. The van der Waals surface area contributed by atoms with Crippen molar-refractivity contribution in [3.63, 3.8) is 0 Å². The monoisotopic (exact) mass is 345 g/mol. The Kier molecular flexibility index (Phi) is 5.96. The highest BCUT2D eigenvalue weighted by molar-refractivity contribution is 7.86. The zero-order chi connectivity index (χ0) is 16.2. The average molecular weight is 345 g/mol. The molecular weight excluding hydrogens is 322 g/mol. The highest BCUT2D eigenvalue weighted by Gasteiger charge is 2.31. The Morgan fingerprint density at radius 3 is 2.50 bits per heavy atom. The second-order valence-electron chi connectivity index (χ2n) is 5.25. The van der Waals surface area contributed by atoms with Crippen LogP contribution in [0.4, 0.5) is 0 Å². The van der Waals surface area contributed by atoms with Gasteiger partial charge in [-0.2, -0.15) is 28.4 Å². The minimum absolute atomic E-state index is 0.0375. The van der Waals surface area contributed by atoms with Gasteiger partial charge in [-0.05, 0) is 24.3 Å². The number of amides is 1. The van der Waals surface area contributed by atoms with E-state index in [-0.39, 0.29) is 11.9 Å². The first kappa shape index (κ1) is 17.4. The fraction of sp³-hybridized carbons (Fsp3) is 0.643. The van der Waals surface area contributed by atoms with Gasteiger partial charge < -0.3 is 5.32 Å². The number of carbonyl (C=O) groups is 1. The molecule has 2 heterocycles. The van der Waals surface area contributed by atoms with Crippen molar-refractivity contribution in [3.8, 4) is 0 Å². The number of piperidine rings is 1. The summed E-state index contributed by atoms with van der Waals surface area (Å²) in [7, 11) is -3.36. The van der Waals surface area contributed by atoms with Crippen molar-refractivity contribution in [1.82, 2.24) is 13.9 Å². The lowest BCUT2D eigenvalue weighted by Gasteiger charge is -2.34. The summed E-state index contributed by atoms with van der Waals surface area (Å²) in [5, 5.41) is 6.67. The quantitative estimate of drug-likeness (QED) is 0.850. The summed E-state index contributed by atoms with van der Waals surface area (Å²) in [4.78, 5) is 12.0. The van der Waals surface area contributed by atoms with Gasteiger partial charge >= 0.3 is 0 Å². The maximum atomic E-state index is 12.4. The van der Waals surface area contributed by atoms with Crippen LogP contribution in [0, 0.1) is 0 Å². The molecule has 1 saturated heterocycles. The van der Waals surface area contributed by atoms with E-state index >= 15 is 0 Å². The molecule has 0 bridgehead atoms. The van der Waals surface area contributed by atoms with Crippen molar-refractivity contribution in [3.05, 3.63) is 22.4 Å². The maximum absolute atomic E-state index is 12.4. The van der Waals surface area contributed by atoms with Crippen LogP contribution in [0.25, 0.3) is 0 Å². The zero-order valence-electron chi connectivity index (χ0n) is 13.0. The van der Waals surface area contributed by atoms with E-state index in [1.807, 2.05) is 24.6 Å². The van der Waals surface area contributed by atoms with E-state index in [0.717, 1.165) is 0 Å². The smallest absolute Gasteiger partial charge is 0.281 e. The molecule has 0 spiro atoms. The summed E-state index contributed by atoms with van der Waals surface area (Å²) in [5.74, 6) is -0.0775. The van der Waals surface area contributed by atoms with Crippen LogP contribution >= 0.6 is 11.3 Å². The lowest BCUT2D eigenvalue weighted by Crippen LogP contribution is -2.50. The van der Waals surface area contributed by atoms with Gasteiger partial charge in [-0.1, -0.05) is 13.8 Å². The Balaban J connectivity index is 1.89. The van der Waals surface area contributed by atoms with Crippen LogP contribution in [-0.4, -0.2) is 55.2 Å². The van der Waals surface area contributed by atoms with Crippen molar-refractivity contribution in [2.45, 2.75) is 32.7 Å². The van der Waals surface area contributed by atoms with Crippen LogP contribution in [0.3, 0.4) is 0 Å². The average Bonchev–Trinajstić information content (AvgIpc) is 3.03. The number of nitrogens with zero attached hydrogens (tertiary/aromatic N) is 2. The van der Waals surface area contributed by atoms with Crippen LogP contribution in [-0.2, 0) is 10.2 Å². The summed E-state index contributed by atoms with van der Waals surface area (Å²) in [5.41, 5.74) is 0.670. The predicted octanol–water partition coefficient (Wildman–Crippen LogP) is 1.53. The first-order valence-corrected chi connectivity index (χ1v) is 9.91. The van der Waals surface area contributed by atoms with Crippen molar-refractivity contribution in [1.29, 1.82) is 0 Å². The molecule has 0 saturated carbocycles. The normalized spacial score (nSPS) is 17.8. The molecule has 1 aromatic rings. The van der Waals surface area contributed by atoms with Crippen LogP contribution in [0.1, 0.15) is 37.0 Å². The highest BCUT2D eigenvalue weighted by atomic mass is 32.2. The molecule has 0 atom stereocenters. The Morgan fingerprint density at radius 1 is 1.36 bits per heavy atom. The third kappa shape index (κ3) is 3.87. The fourth-order valence-corrected chi connectivity index (χ4v) is 4.89. The molecule has 2 rings (SSSR count). The molecule has 0 aliphatic carbocycles. The maximum Gasteiger partial charge on any atom is 0.281 e. The van der Waals surface area contributed by atoms with Crippen molar-refractivity contribution >= 4 is 27.5 Å². The van der Waals surface area contributed by atoms with Gasteiger partial charge in [-0.15, -0.1) is 0 Å². The molecule has 0 radical (unpaired) electrons. The van der Waals surface area contributed by atoms with Gasteiger partial charge in [0.2, 0.25) is 0 Å². The van der Waals surface area contributed by atoms with E-state index in [2.05, 4.69) is 5.32 Å². The molecule has 1 aliphatic heterocycles. The number of thiophene rings is 1. The van der Waals surface area contributed by atoms with Gasteiger partial charge in [0.05, 0.1) is 0 Å². The number of hydrogen-bond donors (Lipinski definition) is 1. The first-order chi connectivity index (χ1) is 10.5. The standard InChI is InChI=1S/C14H23N3O3S2/c1-3-16(4-2)22(19,20)17-8-5-13(6-9-17)15-14(18)12-7-10-21-11-12/h7,10-11,13H,3-6,8-9H2,1-2H3,(H,15,18). The fourth-order valence-electron chi connectivity index (χ4n) is 2.61. The van der Waals surface area contributed by atoms with Crippen LogP contribution in [0.2, 0.25) is 0 Å². The van der Waals surface area contributed by atoms with E-state index < -0.39 is 10.2 Å². The van der Waals surface area contributed by atoms with Gasteiger partial charge in [0.15, 0.2) is 0 Å². The van der Waals surface area contributed by atoms with E-state index in [0.29, 0.717) is 44.6 Å². The molecule has 0 aromatic carbocycles. The third-order valence-corrected chi connectivity index (χ3v) is 6.80. The van der Waals surface area contributed by atoms with Gasteiger partial charge in [-0.3, -0.25) is 4.79 Å². The lowest BCUT2D eigenvalue weighted by molar-refractivity contribution is 0.0924. The summed E-state index contributed by atoms with van der Waals surface area (Å²) in [6.45, 7) is 5.55. The molecule has 6 nitrogen and oxygen atoms in total. The van der Waals surface area contributed by atoms with Crippen molar-refractivity contribution in [2.24, 2.45) is 0 Å². The summed E-state index contributed by atoms with van der Waals surface area (Å²) >= 11 is 1.49. The van der Waals surface area contributed by atoms with E-state index in [1.54, 1.807) is 6.07 Å². The van der Waals surface area contributed by atoms with Crippen molar-refractivity contribution < 1.29 is 13.2 Å². The summed E-state index contributed by atoms with van der Waals surface area (Å²) in [6, 6.07) is 1.83. The van der Waals surface area contributed by atoms with E-state index in [4.69, 9.17) is 0 Å². The minimum Gasteiger partial charge on any atom is -0.349 e. The summed E-state index contributed by atoms with van der Waals surface area (Å²) < 4.78 is 27.8. The number of nitrogens with one attached hydrogen (secondary N) is 1. The zero-order valence-corrected chi connectivity index (χ0v) is 14.6. The summed E-state index contributed by atoms with van der Waals surface area (Å²) in [6.07, 6.45) is 1.30. The Bertz CT molecular complexity index is 574. The molecule has 1 aliphatic rings. The van der Waals surface area contributed by atoms with Gasteiger partial charge in [0, 0.05) is 43.2 Å². The molecule has 0 unspecified atom stereocenters. The molecular formula is C14H23N3O3S2. The SMILES string of the molecule is CCN(CC)S(=O)(=O)N1CCC(NC(=O)c2ccsc2)CC1. The minimum atomic E-state index is -3.36. The Morgan fingerprint density at radius 2 is 2.00 bits per heavy atom. The molecule has 1 amide bonds. The second-order valence-corrected chi connectivity index (χ2v) is 7.96. The predicted molar refractivity (Wildman–Crippen MR) is 88.2 cm³/mol. The Hall–Kier alpha value is -0.960. The molecule has 1 aromatic heterocycles. The number of carbonyl (C=O) groups excluding carboxylic acids is 1. The lowest BCUT2D eigenvalue weighted by atomic mass is 10.1. The molecule has 22 heavy (non-hydrogen) atoms. The molecule has 1 fully saturated rings. The van der Waals surface area contributed by atoms with Gasteiger partial charge in [-0.25, -0.2) is 0 Å². The Labute approximate surface area is 136 Å². The van der Waals surface area contributed by atoms with Crippen molar-refractivity contribution in [2.75, 3.05) is 26.2 Å². The topological polar surface area (TPSA) is 69.7 Å². The van der Waals surface area contributed by atoms with E-state index in [1.165, 1.54) is 19.9 Å². The molecule has 8 heteroatoms.